The topological polar surface area (TPSA) is 104 Å². The number of amidine groups is 1. The predicted molar refractivity (Wildman–Crippen MR) is 82.5 cm³/mol. The van der Waals surface area contributed by atoms with Gasteiger partial charge in [-0.1, -0.05) is 36.1 Å². The van der Waals surface area contributed by atoms with Crippen molar-refractivity contribution in [1.29, 1.82) is 5.41 Å². The first-order valence-electron chi connectivity index (χ1n) is 6.92. The van der Waals surface area contributed by atoms with Gasteiger partial charge in [-0.3, -0.25) is 10.2 Å². The van der Waals surface area contributed by atoms with Crippen LogP contribution in [0.25, 0.3) is 0 Å². The largest absolute Gasteiger partial charge is 0.325 e. The van der Waals surface area contributed by atoms with Crippen molar-refractivity contribution >= 4 is 29.0 Å². The van der Waals surface area contributed by atoms with E-state index in [4.69, 9.17) is 22.9 Å². The van der Waals surface area contributed by atoms with E-state index in [1.54, 1.807) is 18.2 Å². The SMILES string of the molecule is N=C(N=NN)c1ccc(Cl)cc1NC(=O)C1CCCCC1. The molecule has 0 radical (unpaired) electrons. The predicted octanol–water partition coefficient (Wildman–Crippen LogP) is 3.51. The fourth-order valence-corrected chi connectivity index (χ4v) is 2.71. The van der Waals surface area contributed by atoms with E-state index in [1.165, 1.54) is 6.42 Å². The Labute approximate surface area is 128 Å². The second-order valence-corrected chi connectivity index (χ2v) is 5.51. The van der Waals surface area contributed by atoms with Crippen molar-refractivity contribution < 1.29 is 4.79 Å². The maximum atomic E-state index is 12.3. The highest BCUT2D eigenvalue weighted by Gasteiger charge is 2.22. The van der Waals surface area contributed by atoms with E-state index in [9.17, 15) is 4.79 Å². The van der Waals surface area contributed by atoms with E-state index in [2.05, 4.69) is 15.7 Å². The van der Waals surface area contributed by atoms with Crippen molar-refractivity contribution in [3.8, 4) is 0 Å². The van der Waals surface area contributed by atoms with E-state index in [-0.39, 0.29) is 17.7 Å². The lowest BCUT2D eigenvalue weighted by Gasteiger charge is -2.21. The summed E-state index contributed by atoms with van der Waals surface area (Å²) in [5.41, 5.74) is 0.910. The van der Waals surface area contributed by atoms with Crippen LogP contribution in [0.3, 0.4) is 0 Å². The van der Waals surface area contributed by atoms with Crippen molar-refractivity contribution in [2.75, 3.05) is 5.32 Å². The molecular weight excluding hydrogens is 290 g/mol. The van der Waals surface area contributed by atoms with Crippen LogP contribution in [0.1, 0.15) is 37.7 Å². The highest BCUT2D eigenvalue weighted by molar-refractivity contribution is 6.31. The van der Waals surface area contributed by atoms with Crippen LogP contribution in [0.5, 0.6) is 0 Å². The van der Waals surface area contributed by atoms with Gasteiger partial charge in [0.15, 0.2) is 5.84 Å². The molecule has 0 aromatic heterocycles. The van der Waals surface area contributed by atoms with Gasteiger partial charge in [0, 0.05) is 16.5 Å². The van der Waals surface area contributed by atoms with Gasteiger partial charge in [0.25, 0.3) is 0 Å². The van der Waals surface area contributed by atoms with Crippen LogP contribution < -0.4 is 11.2 Å². The van der Waals surface area contributed by atoms with E-state index >= 15 is 0 Å². The Morgan fingerprint density at radius 1 is 1.33 bits per heavy atom. The molecule has 0 saturated heterocycles. The molecule has 7 heteroatoms. The average molecular weight is 308 g/mol. The van der Waals surface area contributed by atoms with Crippen molar-refractivity contribution in [2.45, 2.75) is 32.1 Å². The number of carbonyl (C=O) groups is 1. The Hall–Kier alpha value is -1.95. The minimum atomic E-state index is -0.117. The maximum absolute atomic E-state index is 12.3. The number of amides is 1. The number of carbonyl (C=O) groups excluding carboxylic acids is 1. The van der Waals surface area contributed by atoms with E-state index < -0.39 is 0 Å². The lowest BCUT2D eigenvalue weighted by Crippen LogP contribution is -2.25. The summed E-state index contributed by atoms with van der Waals surface area (Å²) in [6, 6.07) is 4.86. The minimum Gasteiger partial charge on any atom is -0.325 e. The zero-order chi connectivity index (χ0) is 15.2. The fourth-order valence-electron chi connectivity index (χ4n) is 2.54. The molecule has 1 fully saturated rings. The summed E-state index contributed by atoms with van der Waals surface area (Å²) in [4.78, 5) is 12.3. The van der Waals surface area contributed by atoms with Gasteiger partial charge < -0.3 is 11.2 Å². The molecule has 1 aliphatic carbocycles. The number of benzene rings is 1. The Bertz CT molecular complexity index is 566. The maximum Gasteiger partial charge on any atom is 0.227 e. The number of halogens is 1. The molecule has 0 spiro atoms. The van der Waals surface area contributed by atoms with Gasteiger partial charge in [-0.05, 0) is 31.0 Å². The normalized spacial score (nSPS) is 16.0. The van der Waals surface area contributed by atoms with Gasteiger partial charge >= 0.3 is 0 Å². The van der Waals surface area contributed by atoms with Crippen molar-refractivity contribution in [1.82, 2.24) is 0 Å². The van der Waals surface area contributed by atoms with Crippen molar-refractivity contribution in [2.24, 2.45) is 22.1 Å². The Morgan fingerprint density at radius 2 is 2.05 bits per heavy atom. The second kappa shape index (κ2) is 7.17. The summed E-state index contributed by atoms with van der Waals surface area (Å²) < 4.78 is 0. The molecule has 112 valence electrons. The molecule has 1 aliphatic rings. The Balaban J connectivity index is 2.19. The van der Waals surface area contributed by atoms with Gasteiger partial charge in [0.1, 0.15) is 0 Å². The molecule has 0 unspecified atom stereocenters. The van der Waals surface area contributed by atoms with Crippen LogP contribution in [-0.4, -0.2) is 11.7 Å². The zero-order valence-electron chi connectivity index (χ0n) is 11.6. The second-order valence-electron chi connectivity index (χ2n) is 5.08. The van der Waals surface area contributed by atoms with Crippen LogP contribution in [0, 0.1) is 11.3 Å². The third kappa shape index (κ3) is 4.01. The number of hydrogen-bond acceptors (Lipinski definition) is 3. The molecule has 0 atom stereocenters. The third-order valence-corrected chi connectivity index (χ3v) is 3.86. The lowest BCUT2D eigenvalue weighted by molar-refractivity contribution is -0.120. The summed E-state index contributed by atoms with van der Waals surface area (Å²) in [5.74, 6) is 4.84. The number of hydrogen-bond donors (Lipinski definition) is 3. The summed E-state index contributed by atoms with van der Waals surface area (Å²) in [6.07, 6.45) is 5.16. The first kappa shape index (κ1) is 15.4. The molecule has 1 saturated carbocycles. The first-order chi connectivity index (χ1) is 10.1. The van der Waals surface area contributed by atoms with Crippen molar-refractivity contribution in [3.05, 3.63) is 28.8 Å². The monoisotopic (exact) mass is 307 g/mol. The molecule has 1 aromatic rings. The summed E-state index contributed by atoms with van der Waals surface area (Å²) in [5, 5.41) is 17.7. The number of nitrogens with zero attached hydrogens (tertiary/aromatic N) is 2. The molecule has 0 bridgehead atoms. The number of nitrogens with one attached hydrogen (secondary N) is 2. The lowest BCUT2D eigenvalue weighted by atomic mass is 9.88. The number of nitrogens with two attached hydrogens (primary N) is 1. The van der Waals surface area contributed by atoms with E-state index in [0.717, 1.165) is 25.7 Å². The highest BCUT2D eigenvalue weighted by Crippen LogP contribution is 2.27. The van der Waals surface area contributed by atoms with Gasteiger partial charge in [0.2, 0.25) is 5.91 Å². The van der Waals surface area contributed by atoms with Gasteiger partial charge in [-0.2, -0.15) is 0 Å². The molecule has 0 aliphatic heterocycles. The van der Waals surface area contributed by atoms with Crippen LogP contribution in [0.4, 0.5) is 5.69 Å². The van der Waals surface area contributed by atoms with Crippen LogP contribution in [-0.2, 0) is 4.79 Å². The van der Waals surface area contributed by atoms with Gasteiger partial charge in [0.05, 0.1) is 5.69 Å². The van der Waals surface area contributed by atoms with Crippen LogP contribution in [0.15, 0.2) is 28.5 Å². The molecule has 1 amide bonds. The molecule has 6 nitrogen and oxygen atoms in total. The zero-order valence-corrected chi connectivity index (χ0v) is 12.4. The first-order valence-corrected chi connectivity index (χ1v) is 7.30. The standard InChI is InChI=1S/C14H18ClN5O/c15-10-6-7-11(13(16)19-20-17)12(8-10)18-14(21)9-4-2-1-3-5-9/h6-9H,1-5H2,(H,18,21)(H3,16,17,19). The third-order valence-electron chi connectivity index (χ3n) is 3.63. The molecule has 21 heavy (non-hydrogen) atoms. The molecular formula is C14H18ClN5O. The fraction of sp³-hybridized carbons (Fsp3) is 0.429. The summed E-state index contributed by atoms with van der Waals surface area (Å²) in [7, 11) is 0. The van der Waals surface area contributed by atoms with Gasteiger partial charge in [-0.25, -0.2) is 0 Å². The smallest absolute Gasteiger partial charge is 0.227 e. The van der Waals surface area contributed by atoms with Crippen LogP contribution >= 0.6 is 11.6 Å². The molecule has 1 aromatic carbocycles. The van der Waals surface area contributed by atoms with Crippen LogP contribution in [0.2, 0.25) is 5.02 Å². The Morgan fingerprint density at radius 3 is 2.71 bits per heavy atom. The summed E-state index contributed by atoms with van der Waals surface area (Å²) in [6.45, 7) is 0. The highest BCUT2D eigenvalue weighted by atomic mass is 35.5. The minimum absolute atomic E-state index is 0.0240. The molecule has 4 N–H and O–H groups in total. The quantitative estimate of drug-likeness (QED) is 0.261. The van der Waals surface area contributed by atoms with E-state index in [0.29, 0.717) is 16.3 Å². The molecule has 0 heterocycles. The van der Waals surface area contributed by atoms with Gasteiger partial charge in [-0.15, -0.1) is 5.11 Å². The summed E-state index contributed by atoms with van der Waals surface area (Å²) >= 11 is 5.97. The Kier molecular flexibility index (Phi) is 5.27. The number of rotatable bonds is 3. The number of anilines is 1. The van der Waals surface area contributed by atoms with E-state index in [1.807, 2.05) is 0 Å². The molecule has 2 rings (SSSR count). The average Bonchev–Trinajstić information content (AvgIpc) is 2.48. The van der Waals surface area contributed by atoms with Crippen molar-refractivity contribution in [3.63, 3.8) is 0 Å².